The molecule has 154 valence electrons. The fraction of sp³-hybridized carbons (Fsp3) is 0.0952. The Balaban J connectivity index is 1.66. The lowest BCUT2D eigenvalue weighted by atomic mass is 10.2. The molecule has 0 fully saturated rings. The molecule has 1 heterocycles. The Hall–Kier alpha value is -2.91. The van der Waals surface area contributed by atoms with Gasteiger partial charge in [0.05, 0.1) is 17.0 Å². The number of furan rings is 1. The summed E-state index contributed by atoms with van der Waals surface area (Å²) in [5.41, 5.74) is 3.77. The summed E-state index contributed by atoms with van der Waals surface area (Å²) in [5.74, 6) is -0.172. The number of hydrogen-bond acceptors (Lipinski definition) is 6. The van der Waals surface area contributed by atoms with Gasteiger partial charge in [0.2, 0.25) is 5.76 Å². The largest absolute Gasteiger partial charge is 0.483 e. The second-order valence-electron chi connectivity index (χ2n) is 6.02. The first-order chi connectivity index (χ1) is 14.4. The number of nitrogens with one attached hydrogen (secondary N) is 1. The Morgan fingerprint density at radius 1 is 1.17 bits per heavy atom. The van der Waals surface area contributed by atoms with Gasteiger partial charge >= 0.3 is 5.97 Å². The lowest BCUT2D eigenvalue weighted by Gasteiger charge is -2.10. The minimum absolute atomic E-state index is 0.0642. The summed E-state index contributed by atoms with van der Waals surface area (Å²) in [6.45, 7) is 1.70. The van der Waals surface area contributed by atoms with Crippen LogP contribution in [0.3, 0.4) is 0 Å². The number of carbonyl (C=O) groups excluding carboxylic acids is 2. The van der Waals surface area contributed by atoms with Crippen molar-refractivity contribution in [1.29, 1.82) is 0 Å². The van der Waals surface area contributed by atoms with Gasteiger partial charge in [-0.1, -0.05) is 34.1 Å². The highest BCUT2D eigenvalue weighted by Gasteiger charge is 2.17. The van der Waals surface area contributed by atoms with E-state index in [0.717, 1.165) is 10.0 Å². The third kappa shape index (κ3) is 5.80. The molecule has 0 saturated heterocycles. The predicted octanol–water partition coefficient (Wildman–Crippen LogP) is 4.86. The van der Waals surface area contributed by atoms with Gasteiger partial charge in [-0.3, -0.25) is 4.79 Å². The van der Waals surface area contributed by atoms with Crippen molar-refractivity contribution < 1.29 is 23.5 Å². The first-order valence-electron chi connectivity index (χ1n) is 8.69. The van der Waals surface area contributed by atoms with Crippen LogP contribution in [0.1, 0.15) is 21.7 Å². The monoisotopic (exact) mass is 534 g/mol. The molecule has 1 amide bonds. The third-order valence-electron chi connectivity index (χ3n) is 3.80. The molecule has 2 aromatic carbocycles. The van der Waals surface area contributed by atoms with Gasteiger partial charge in [-0.05, 0) is 58.7 Å². The van der Waals surface area contributed by atoms with E-state index in [1.807, 2.05) is 25.1 Å². The van der Waals surface area contributed by atoms with Gasteiger partial charge < -0.3 is 13.9 Å². The zero-order valence-corrected chi connectivity index (χ0v) is 18.9. The van der Waals surface area contributed by atoms with Crippen LogP contribution in [-0.4, -0.2) is 24.7 Å². The van der Waals surface area contributed by atoms with Crippen molar-refractivity contribution in [2.45, 2.75) is 6.92 Å². The summed E-state index contributed by atoms with van der Waals surface area (Å²) in [6.07, 6.45) is 2.75. The number of rotatable bonds is 7. The second-order valence-corrected chi connectivity index (χ2v) is 7.79. The molecule has 0 unspecified atom stereocenters. The standard InChI is InChI=1S/C21H16Br2N2O5/c1-13-5-2-3-6-17(13)29-12-19(26)25-24-11-14-9-15(22)10-16(23)20(14)30-21(27)18-7-4-8-28-18/h2-11H,12H2,1H3,(H,25,26). The lowest BCUT2D eigenvalue weighted by Crippen LogP contribution is -2.24. The van der Waals surface area contributed by atoms with Crippen LogP contribution in [0, 0.1) is 6.92 Å². The number of amides is 1. The van der Waals surface area contributed by atoms with Gasteiger partial charge in [-0.2, -0.15) is 5.10 Å². The van der Waals surface area contributed by atoms with Crippen LogP contribution in [-0.2, 0) is 4.79 Å². The Bertz CT molecular complexity index is 1080. The molecule has 3 rings (SSSR count). The van der Waals surface area contributed by atoms with Gasteiger partial charge in [0, 0.05) is 10.0 Å². The second kappa shape index (κ2) is 10.2. The summed E-state index contributed by atoms with van der Waals surface area (Å²) in [4.78, 5) is 24.2. The minimum atomic E-state index is -0.659. The fourth-order valence-electron chi connectivity index (χ4n) is 2.39. The van der Waals surface area contributed by atoms with Crippen LogP contribution in [0.15, 0.2) is 73.3 Å². The maximum absolute atomic E-state index is 12.2. The SMILES string of the molecule is Cc1ccccc1OCC(=O)NN=Cc1cc(Br)cc(Br)c1OC(=O)c1ccco1. The molecule has 7 nitrogen and oxygen atoms in total. The van der Waals surface area contributed by atoms with E-state index < -0.39 is 11.9 Å². The topological polar surface area (TPSA) is 90.1 Å². The van der Waals surface area contributed by atoms with E-state index in [1.165, 1.54) is 18.5 Å². The van der Waals surface area contributed by atoms with E-state index in [9.17, 15) is 9.59 Å². The number of ether oxygens (including phenoxy) is 2. The van der Waals surface area contributed by atoms with Crippen LogP contribution in [0.5, 0.6) is 11.5 Å². The van der Waals surface area contributed by atoms with Gasteiger partial charge in [0.15, 0.2) is 12.4 Å². The summed E-state index contributed by atoms with van der Waals surface area (Å²) >= 11 is 6.73. The predicted molar refractivity (Wildman–Crippen MR) is 118 cm³/mol. The first kappa shape index (κ1) is 21.8. The molecule has 0 aliphatic rings. The smallest absolute Gasteiger partial charge is 0.379 e. The third-order valence-corrected chi connectivity index (χ3v) is 4.85. The number of halogens is 2. The number of para-hydroxylation sites is 1. The Morgan fingerprint density at radius 2 is 1.97 bits per heavy atom. The number of benzene rings is 2. The van der Waals surface area contributed by atoms with Crippen molar-refractivity contribution in [2.75, 3.05) is 6.61 Å². The molecule has 0 aliphatic heterocycles. The summed E-state index contributed by atoms with van der Waals surface area (Å²) in [7, 11) is 0. The fourth-order valence-corrected chi connectivity index (χ4v) is 3.73. The minimum Gasteiger partial charge on any atom is -0.483 e. The summed E-state index contributed by atoms with van der Waals surface area (Å²) in [5, 5.41) is 3.93. The van der Waals surface area contributed by atoms with Crippen LogP contribution in [0.4, 0.5) is 0 Å². The molecule has 30 heavy (non-hydrogen) atoms. The molecule has 9 heteroatoms. The summed E-state index contributed by atoms with van der Waals surface area (Å²) in [6, 6.07) is 13.9. The highest BCUT2D eigenvalue weighted by Crippen LogP contribution is 2.32. The lowest BCUT2D eigenvalue weighted by molar-refractivity contribution is -0.123. The molecule has 1 N–H and O–H groups in total. The molecular weight excluding hydrogens is 520 g/mol. The highest BCUT2D eigenvalue weighted by atomic mass is 79.9. The molecule has 0 saturated carbocycles. The maximum Gasteiger partial charge on any atom is 0.379 e. The first-order valence-corrected chi connectivity index (χ1v) is 10.3. The van der Waals surface area contributed by atoms with Gasteiger partial charge in [-0.25, -0.2) is 10.2 Å². The molecule has 0 atom stereocenters. The van der Waals surface area contributed by atoms with E-state index in [1.54, 1.807) is 24.3 Å². The molecule has 0 bridgehead atoms. The molecular formula is C21H16Br2N2O5. The van der Waals surface area contributed by atoms with Crippen molar-refractivity contribution >= 4 is 50.0 Å². The van der Waals surface area contributed by atoms with E-state index in [0.29, 0.717) is 15.8 Å². The highest BCUT2D eigenvalue weighted by molar-refractivity contribution is 9.11. The quantitative estimate of drug-likeness (QED) is 0.202. The van der Waals surface area contributed by atoms with Crippen LogP contribution < -0.4 is 14.9 Å². The molecule has 0 spiro atoms. The van der Waals surface area contributed by atoms with E-state index >= 15 is 0 Å². The average Bonchev–Trinajstić information content (AvgIpc) is 3.25. The van der Waals surface area contributed by atoms with Crippen LogP contribution in [0.2, 0.25) is 0 Å². The van der Waals surface area contributed by atoms with Crippen LogP contribution >= 0.6 is 31.9 Å². The number of hydrogen-bond donors (Lipinski definition) is 1. The molecule has 0 radical (unpaired) electrons. The number of nitrogens with zero attached hydrogens (tertiary/aromatic N) is 1. The van der Waals surface area contributed by atoms with Crippen molar-refractivity contribution in [3.8, 4) is 11.5 Å². The zero-order chi connectivity index (χ0) is 21.5. The zero-order valence-electron chi connectivity index (χ0n) is 15.7. The van der Waals surface area contributed by atoms with E-state index in [4.69, 9.17) is 13.9 Å². The Morgan fingerprint density at radius 3 is 2.70 bits per heavy atom. The van der Waals surface area contributed by atoms with Crippen molar-refractivity contribution in [1.82, 2.24) is 5.43 Å². The van der Waals surface area contributed by atoms with Gasteiger partial charge in [0.25, 0.3) is 5.91 Å². The molecule has 1 aromatic heterocycles. The number of hydrazone groups is 1. The van der Waals surface area contributed by atoms with E-state index in [2.05, 4.69) is 42.4 Å². The number of aryl methyl sites for hydroxylation is 1. The average molecular weight is 536 g/mol. The Kier molecular flexibility index (Phi) is 7.42. The van der Waals surface area contributed by atoms with Crippen molar-refractivity contribution in [3.63, 3.8) is 0 Å². The van der Waals surface area contributed by atoms with E-state index in [-0.39, 0.29) is 18.1 Å². The van der Waals surface area contributed by atoms with Crippen molar-refractivity contribution in [3.05, 3.63) is 80.6 Å². The normalized spacial score (nSPS) is 10.8. The van der Waals surface area contributed by atoms with Crippen LogP contribution in [0.25, 0.3) is 0 Å². The summed E-state index contributed by atoms with van der Waals surface area (Å²) < 4.78 is 17.2. The number of esters is 1. The van der Waals surface area contributed by atoms with Gasteiger partial charge in [0.1, 0.15) is 5.75 Å². The molecule has 0 aliphatic carbocycles. The molecule has 3 aromatic rings. The van der Waals surface area contributed by atoms with Crippen molar-refractivity contribution in [2.24, 2.45) is 5.10 Å². The maximum atomic E-state index is 12.2. The Labute approximate surface area is 189 Å². The number of carbonyl (C=O) groups is 2. The van der Waals surface area contributed by atoms with Gasteiger partial charge in [-0.15, -0.1) is 0 Å².